The van der Waals surface area contributed by atoms with E-state index in [1.165, 1.54) is 10.8 Å². The van der Waals surface area contributed by atoms with E-state index in [9.17, 15) is 4.79 Å². The fourth-order valence-electron chi connectivity index (χ4n) is 1.95. The van der Waals surface area contributed by atoms with Crippen molar-refractivity contribution in [2.45, 2.75) is 0 Å². The molecular weight excluding hydrogens is 172 g/mol. The minimum atomic E-state index is 0.781. The van der Waals surface area contributed by atoms with Crippen LogP contribution >= 0.6 is 0 Å². The van der Waals surface area contributed by atoms with E-state index in [1.54, 1.807) is 0 Å². The Kier molecular flexibility index (Phi) is 1.37. The van der Waals surface area contributed by atoms with E-state index in [1.807, 2.05) is 18.2 Å². The fourth-order valence-corrected chi connectivity index (χ4v) is 1.95. The van der Waals surface area contributed by atoms with Crippen molar-refractivity contribution in [1.29, 1.82) is 0 Å². The third kappa shape index (κ3) is 0.867. The van der Waals surface area contributed by atoms with Crippen LogP contribution in [0.5, 0.6) is 0 Å². The summed E-state index contributed by atoms with van der Waals surface area (Å²) in [5, 5.41) is 2.29. The van der Waals surface area contributed by atoms with E-state index in [2.05, 4.69) is 24.3 Å². The minimum Gasteiger partial charge on any atom is -0.298 e. The Labute approximate surface area is 81.4 Å². The number of carbonyl (C=O) groups is 1. The van der Waals surface area contributed by atoms with Crippen molar-refractivity contribution in [2.75, 3.05) is 0 Å². The van der Waals surface area contributed by atoms with Gasteiger partial charge in [-0.1, -0.05) is 30.4 Å². The molecule has 14 heavy (non-hydrogen) atoms. The highest BCUT2D eigenvalue weighted by atomic mass is 16.1. The van der Waals surface area contributed by atoms with Gasteiger partial charge in [0, 0.05) is 5.57 Å². The van der Waals surface area contributed by atoms with Gasteiger partial charge in [0.15, 0.2) is 6.29 Å². The van der Waals surface area contributed by atoms with E-state index in [-0.39, 0.29) is 0 Å². The summed E-state index contributed by atoms with van der Waals surface area (Å²) in [6.07, 6.45) is 11.0. The molecule has 2 aliphatic carbocycles. The summed E-state index contributed by atoms with van der Waals surface area (Å²) in [6.45, 7) is 0. The monoisotopic (exact) mass is 180 g/mol. The highest BCUT2D eigenvalue weighted by molar-refractivity contribution is 6.07. The summed E-state index contributed by atoms with van der Waals surface area (Å²) in [6, 6.07) is 4.20. The molecule has 0 aromatic heterocycles. The van der Waals surface area contributed by atoms with Crippen molar-refractivity contribution in [3.8, 4) is 0 Å². The predicted octanol–water partition coefficient (Wildman–Crippen LogP) is 0.870. The smallest absolute Gasteiger partial charge is 0.150 e. The molecule has 0 bridgehead atoms. The lowest BCUT2D eigenvalue weighted by molar-refractivity contribution is -0.103. The second-order valence-corrected chi connectivity index (χ2v) is 3.50. The number of hydrogen-bond acceptors (Lipinski definition) is 1. The van der Waals surface area contributed by atoms with Crippen LogP contribution in [0.15, 0.2) is 24.3 Å². The Hall–Kier alpha value is -1.89. The molecule has 0 amide bonds. The molecule has 0 atom stereocenters. The van der Waals surface area contributed by atoms with Crippen LogP contribution in [0.3, 0.4) is 0 Å². The van der Waals surface area contributed by atoms with Gasteiger partial charge in [0.1, 0.15) is 0 Å². The highest BCUT2D eigenvalue weighted by Gasteiger charge is 2.07. The second-order valence-electron chi connectivity index (χ2n) is 3.50. The van der Waals surface area contributed by atoms with Gasteiger partial charge in [-0.25, -0.2) is 0 Å². The third-order valence-electron chi connectivity index (χ3n) is 2.69. The van der Waals surface area contributed by atoms with E-state index in [0.29, 0.717) is 0 Å². The Morgan fingerprint density at radius 2 is 1.93 bits per heavy atom. The van der Waals surface area contributed by atoms with Crippen LogP contribution in [0.1, 0.15) is 11.1 Å². The molecule has 1 aromatic rings. The molecule has 0 heterocycles. The van der Waals surface area contributed by atoms with Gasteiger partial charge in [-0.15, -0.1) is 0 Å². The first kappa shape index (κ1) is 7.51. The number of aldehydes is 1. The zero-order valence-electron chi connectivity index (χ0n) is 7.53. The van der Waals surface area contributed by atoms with Crippen molar-refractivity contribution in [1.82, 2.24) is 0 Å². The molecule has 0 saturated carbocycles. The highest BCUT2D eigenvalue weighted by Crippen LogP contribution is 2.10. The van der Waals surface area contributed by atoms with Crippen LogP contribution in [-0.2, 0) is 4.79 Å². The van der Waals surface area contributed by atoms with E-state index >= 15 is 0 Å². The lowest BCUT2D eigenvalue weighted by Gasteiger charge is -1.95. The second kappa shape index (κ2) is 2.55. The first-order valence-electron chi connectivity index (χ1n) is 4.58. The molecule has 0 unspecified atom stereocenters. The zero-order valence-corrected chi connectivity index (χ0v) is 7.53. The van der Waals surface area contributed by atoms with Gasteiger partial charge >= 0.3 is 0 Å². The van der Waals surface area contributed by atoms with Crippen molar-refractivity contribution in [3.63, 3.8) is 0 Å². The molecule has 2 aliphatic rings. The summed E-state index contributed by atoms with van der Waals surface area (Å²) < 4.78 is 0. The van der Waals surface area contributed by atoms with Gasteiger partial charge in [-0.2, -0.15) is 0 Å². The lowest BCUT2D eigenvalue weighted by Crippen LogP contribution is -2.14. The molecule has 3 rings (SSSR count). The molecule has 66 valence electrons. The summed E-state index contributed by atoms with van der Waals surface area (Å²) >= 11 is 0. The Morgan fingerprint density at radius 3 is 2.79 bits per heavy atom. The van der Waals surface area contributed by atoms with Crippen LogP contribution in [0.25, 0.3) is 23.8 Å². The Balaban J connectivity index is 2.46. The van der Waals surface area contributed by atoms with Crippen LogP contribution in [0, 0.1) is 0 Å². The van der Waals surface area contributed by atoms with Gasteiger partial charge in [0.2, 0.25) is 0 Å². The number of allylic oxidation sites excluding steroid dienone is 2. The maximum atomic E-state index is 10.8. The molecular formula is C13H8O. The molecule has 0 N–H and O–H groups in total. The van der Waals surface area contributed by atoms with Gasteiger partial charge < -0.3 is 0 Å². The van der Waals surface area contributed by atoms with Crippen LogP contribution < -0.4 is 10.4 Å². The van der Waals surface area contributed by atoms with Gasteiger partial charge in [-0.05, 0) is 33.7 Å². The SMILES string of the molecule is O=CC1=c2cc3c(cc2C=C1)=CC=C3. The molecule has 0 fully saturated rings. The van der Waals surface area contributed by atoms with Gasteiger partial charge in [0.05, 0.1) is 0 Å². The molecule has 0 saturated heterocycles. The van der Waals surface area contributed by atoms with Gasteiger partial charge in [-0.3, -0.25) is 4.79 Å². The largest absolute Gasteiger partial charge is 0.298 e. The predicted molar refractivity (Wildman–Crippen MR) is 57.7 cm³/mol. The van der Waals surface area contributed by atoms with Crippen LogP contribution in [-0.4, -0.2) is 6.29 Å². The number of benzene rings is 1. The number of carbonyl (C=O) groups excluding carboxylic acids is 1. The number of hydrogen-bond donors (Lipinski definition) is 0. The average Bonchev–Trinajstić information content (AvgIpc) is 2.78. The third-order valence-corrected chi connectivity index (χ3v) is 2.69. The Morgan fingerprint density at radius 1 is 1.00 bits per heavy atom. The van der Waals surface area contributed by atoms with Crippen LogP contribution in [0.2, 0.25) is 0 Å². The molecule has 0 aliphatic heterocycles. The first-order valence-corrected chi connectivity index (χ1v) is 4.58. The molecule has 0 spiro atoms. The molecule has 1 nitrogen and oxygen atoms in total. The topological polar surface area (TPSA) is 17.1 Å². The first-order chi connectivity index (χ1) is 6.88. The summed E-state index contributed by atoms with van der Waals surface area (Å²) in [7, 11) is 0. The standard InChI is InChI=1S/C13H8O/c14-8-12-5-4-11-6-9-2-1-3-10(9)7-13(11)12/h1-8H. The maximum absolute atomic E-state index is 10.8. The zero-order chi connectivity index (χ0) is 9.54. The molecule has 1 aromatic carbocycles. The fraction of sp³-hybridized carbons (Fsp3) is 0. The van der Waals surface area contributed by atoms with Crippen molar-refractivity contribution < 1.29 is 4.79 Å². The van der Waals surface area contributed by atoms with E-state index in [4.69, 9.17) is 0 Å². The van der Waals surface area contributed by atoms with Crippen molar-refractivity contribution in [2.24, 2.45) is 0 Å². The normalized spacial score (nSPS) is 15.3. The van der Waals surface area contributed by atoms with Crippen molar-refractivity contribution >= 4 is 30.1 Å². The van der Waals surface area contributed by atoms with Crippen LogP contribution in [0.4, 0.5) is 0 Å². The summed E-state index contributed by atoms with van der Waals surface area (Å²) in [5.74, 6) is 0. The molecule has 1 heteroatoms. The average molecular weight is 180 g/mol. The number of fused-ring (bicyclic) bond motifs is 2. The maximum Gasteiger partial charge on any atom is 0.150 e. The summed E-state index contributed by atoms with van der Waals surface area (Å²) in [4.78, 5) is 10.8. The van der Waals surface area contributed by atoms with E-state index < -0.39 is 0 Å². The Bertz CT molecular complexity index is 601. The quantitative estimate of drug-likeness (QED) is 0.586. The molecule has 0 radical (unpaired) electrons. The number of rotatable bonds is 1. The van der Waals surface area contributed by atoms with E-state index in [0.717, 1.165) is 22.6 Å². The van der Waals surface area contributed by atoms with Crippen molar-refractivity contribution in [3.05, 3.63) is 45.8 Å². The lowest BCUT2D eigenvalue weighted by atomic mass is 10.1. The van der Waals surface area contributed by atoms with Gasteiger partial charge in [0.25, 0.3) is 0 Å². The minimum absolute atomic E-state index is 0.781. The summed E-state index contributed by atoms with van der Waals surface area (Å²) in [5.41, 5.74) is 3.13.